The van der Waals surface area contributed by atoms with E-state index in [0.29, 0.717) is 31.6 Å². The Morgan fingerprint density at radius 2 is 1.79 bits per heavy atom. The third kappa shape index (κ3) is 9.00. The van der Waals surface area contributed by atoms with Gasteiger partial charge >= 0.3 is 6.03 Å². The Morgan fingerprint density at radius 3 is 2.40 bits per heavy atom. The van der Waals surface area contributed by atoms with E-state index in [-0.39, 0.29) is 17.4 Å². The van der Waals surface area contributed by atoms with Crippen LogP contribution in [0.15, 0.2) is 22.8 Å². The van der Waals surface area contributed by atoms with Crippen LogP contribution in [0.5, 0.6) is 0 Å². The van der Waals surface area contributed by atoms with Gasteiger partial charge in [0.15, 0.2) is 0 Å². The second kappa shape index (κ2) is 14.2. The molecule has 3 aliphatic rings. The predicted molar refractivity (Wildman–Crippen MR) is 164 cm³/mol. The molecule has 1 aromatic rings. The summed E-state index contributed by atoms with van der Waals surface area (Å²) in [5.74, 6) is -0.103. The van der Waals surface area contributed by atoms with Crippen molar-refractivity contribution in [3.8, 4) is 0 Å². The van der Waals surface area contributed by atoms with Crippen LogP contribution in [0.4, 0.5) is 4.79 Å². The van der Waals surface area contributed by atoms with Gasteiger partial charge in [0.1, 0.15) is 17.8 Å². The second-order valence-electron chi connectivity index (χ2n) is 13.5. The smallest absolute Gasteiger partial charge is 0.315 e. The molecule has 5 N–H and O–H groups in total. The number of nitrogens with one attached hydrogen (secondary N) is 3. The van der Waals surface area contributed by atoms with Crippen molar-refractivity contribution in [3.63, 3.8) is 0 Å². The van der Waals surface area contributed by atoms with Gasteiger partial charge in [-0.05, 0) is 55.6 Å². The molecule has 4 rings (SSSR count). The predicted octanol–water partition coefficient (Wildman–Crippen LogP) is 3.26. The molecule has 1 aromatic heterocycles. The first-order chi connectivity index (χ1) is 20.4. The topological polar surface area (TPSA) is 164 Å². The largest absolute Gasteiger partial charge is 0.468 e. The minimum atomic E-state index is -1.08. The number of ketones is 1. The van der Waals surface area contributed by atoms with Crippen molar-refractivity contribution in [2.24, 2.45) is 17.1 Å². The molecule has 3 fully saturated rings. The molecule has 2 saturated carbocycles. The summed E-state index contributed by atoms with van der Waals surface area (Å²) in [6.45, 7) is 6.01. The second-order valence-corrected chi connectivity index (χ2v) is 14.5. The number of nitrogens with zero attached hydrogens (tertiary/aromatic N) is 1. The van der Waals surface area contributed by atoms with E-state index < -0.39 is 47.2 Å². The van der Waals surface area contributed by atoms with Crippen molar-refractivity contribution in [1.82, 2.24) is 20.9 Å². The van der Waals surface area contributed by atoms with E-state index in [2.05, 4.69) is 16.0 Å². The van der Waals surface area contributed by atoms with Gasteiger partial charge in [-0.15, -0.1) is 0 Å². The molecule has 5 amide bonds. The molecule has 0 spiro atoms. The van der Waals surface area contributed by atoms with Crippen LogP contribution in [-0.4, -0.2) is 70.4 Å². The van der Waals surface area contributed by atoms with Crippen LogP contribution in [0, 0.1) is 11.3 Å². The average Bonchev–Trinajstić information content (AvgIpc) is 3.38. The molecule has 0 aromatic carbocycles. The van der Waals surface area contributed by atoms with Crippen molar-refractivity contribution in [1.29, 1.82) is 0 Å². The summed E-state index contributed by atoms with van der Waals surface area (Å²) in [4.78, 5) is 66.4. The molecule has 11 nitrogen and oxygen atoms in total. The van der Waals surface area contributed by atoms with E-state index in [1.54, 1.807) is 18.0 Å². The minimum absolute atomic E-state index is 0.277. The van der Waals surface area contributed by atoms with Gasteiger partial charge in [-0.25, -0.2) is 4.79 Å². The van der Waals surface area contributed by atoms with Gasteiger partial charge in [0.05, 0.1) is 23.6 Å². The maximum absolute atomic E-state index is 14.0. The van der Waals surface area contributed by atoms with Crippen molar-refractivity contribution in [2.75, 3.05) is 12.3 Å². The summed E-state index contributed by atoms with van der Waals surface area (Å²) in [5, 5.41) is 8.91. The zero-order valence-corrected chi connectivity index (χ0v) is 26.4. The van der Waals surface area contributed by atoms with Gasteiger partial charge in [0.25, 0.3) is 5.91 Å². The van der Waals surface area contributed by atoms with Crippen molar-refractivity contribution in [2.45, 2.75) is 114 Å². The molecule has 43 heavy (non-hydrogen) atoms. The normalized spacial score (nSPS) is 21.5. The van der Waals surface area contributed by atoms with Gasteiger partial charge in [-0.2, -0.15) is 11.8 Å². The first kappa shape index (κ1) is 32.9. The Balaban J connectivity index is 1.41. The van der Waals surface area contributed by atoms with Crippen LogP contribution in [0.25, 0.3) is 0 Å². The Kier molecular flexibility index (Phi) is 10.8. The van der Waals surface area contributed by atoms with Gasteiger partial charge in [-0.3, -0.25) is 19.2 Å². The van der Waals surface area contributed by atoms with E-state index >= 15 is 0 Å². The number of amides is 5. The number of nitrogens with two attached hydrogens (primary N) is 1. The molecule has 0 bridgehead atoms. The number of hydrogen-bond acceptors (Lipinski definition) is 7. The monoisotopic (exact) mass is 617 g/mol. The third-order valence-corrected chi connectivity index (χ3v) is 10.0. The minimum Gasteiger partial charge on any atom is -0.468 e. The fourth-order valence-electron chi connectivity index (χ4n) is 6.16. The Morgan fingerprint density at radius 1 is 1.07 bits per heavy atom. The summed E-state index contributed by atoms with van der Waals surface area (Å²) in [6, 6.07) is 0.734. The first-order valence-electron chi connectivity index (χ1n) is 15.5. The van der Waals surface area contributed by atoms with Gasteiger partial charge in [0, 0.05) is 12.3 Å². The first-order valence-corrected chi connectivity index (χ1v) is 16.7. The maximum Gasteiger partial charge on any atom is 0.315 e. The lowest BCUT2D eigenvalue weighted by Gasteiger charge is -2.40. The van der Waals surface area contributed by atoms with E-state index in [1.165, 1.54) is 4.90 Å². The highest BCUT2D eigenvalue weighted by Crippen LogP contribution is 2.34. The summed E-state index contributed by atoms with van der Waals surface area (Å²) in [5.41, 5.74) is 4.22. The zero-order chi connectivity index (χ0) is 31.2. The number of Topliss-reactive ketones (excluding diaryl/α,β-unsaturated/α-hetero) is 1. The zero-order valence-electron chi connectivity index (χ0n) is 25.6. The molecule has 1 saturated heterocycles. The standard InChI is InChI=1S/C31H47N5O6S/c1-30(2,3)25(34-29(41)35-31(13-5-4-6-14-31)19-43-18-21-9-8-16-42-21)28(40)36-15-7-10-23(36)27(39)33-22(17-20-11-12-20)24(37)26(32)38/h8-9,16,20,22-23,25H,4-7,10-15,17-19H2,1-3H3,(H2,32,38)(H,33,39)(H2,34,35,41)/t22?,23-,25?/m0/s1. The Hall–Kier alpha value is -3.02. The van der Waals surface area contributed by atoms with Crippen molar-refractivity contribution < 1.29 is 28.4 Å². The van der Waals surface area contributed by atoms with Crippen molar-refractivity contribution >= 4 is 41.3 Å². The summed E-state index contributed by atoms with van der Waals surface area (Å²) >= 11 is 1.72. The molecule has 12 heteroatoms. The molecular weight excluding hydrogens is 570 g/mol. The lowest BCUT2D eigenvalue weighted by atomic mass is 9.83. The van der Waals surface area contributed by atoms with E-state index in [0.717, 1.165) is 56.5 Å². The number of urea groups is 1. The van der Waals surface area contributed by atoms with Gasteiger partial charge in [0.2, 0.25) is 17.6 Å². The highest BCUT2D eigenvalue weighted by atomic mass is 32.2. The number of rotatable bonds is 13. The molecule has 3 atom stereocenters. The highest BCUT2D eigenvalue weighted by molar-refractivity contribution is 7.98. The number of thioether (sulfide) groups is 1. The van der Waals surface area contributed by atoms with Crippen LogP contribution in [0.2, 0.25) is 0 Å². The van der Waals surface area contributed by atoms with Crippen LogP contribution in [0.1, 0.15) is 90.7 Å². The summed E-state index contributed by atoms with van der Waals surface area (Å²) < 4.78 is 5.46. The Labute approximate surface area is 258 Å². The number of furan rings is 1. The SMILES string of the molecule is CC(C)(C)C(NC(=O)NC1(CSCc2ccco2)CCCCC1)C(=O)N1CCC[C@H]1C(=O)NC(CC1CC1)C(=O)C(N)=O. The molecular formula is C31H47N5O6S. The van der Waals surface area contributed by atoms with Crippen molar-refractivity contribution in [3.05, 3.63) is 24.2 Å². The quantitative estimate of drug-likeness (QED) is 0.247. The summed E-state index contributed by atoms with van der Waals surface area (Å²) in [6.07, 6.45) is 9.83. The molecule has 238 valence electrons. The fourth-order valence-corrected chi connectivity index (χ4v) is 7.38. The van der Waals surface area contributed by atoms with Crippen LogP contribution in [-0.2, 0) is 24.9 Å². The summed E-state index contributed by atoms with van der Waals surface area (Å²) in [7, 11) is 0. The molecule has 1 aliphatic heterocycles. The molecule has 2 heterocycles. The maximum atomic E-state index is 14.0. The lowest BCUT2D eigenvalue weighted by Crippen LogP contribution is -2.62. The molecule has 0 radical (unpaired) electrons. The third-order valence-electron chi connectivity index (χ3n) is 8.76. The van der Waals surface area contributed by atoms with E-state index in [4.69, 9.17) is 10.2 Å². The number of likely N-dealkylation sites (tertiary alicyclic amines) is 1. The lowest BCUT2D eigenvalue weighted by molar-refractivity contribution is -0.143. The van der Waals surface area contributed by atoms with E-state index in [9.17, 15) is 24.0 Å². The number of hydrogen-bond donors (Lipinski definition) is 4. The van der Waals surface area contributed by atoms with Crippen LogP contribution in [0.3, 0.4) is 0 Å². The number of carbonyl (C=O) groups is 5. The van der Waals surface area contributed by atoms with Crippen LogP contribution < -0.4 is 21.7 Å². The van der Waals surface area contributed by atoms with Gasteiger partial charge in [-0.1, -0.05) is 52.9 Å². The number of primary amides is 1. The van der Waals surface area contributed by atoms with Crippen LogP contribution >= 0.6 is 11.8 Å². The Bertz CT molecular complexity index is 1160. The van der Waals surface area contributed by atoms with E-state index in [1.807, 2.05) is 32.9 Å². The fraction of sp³-hybridized carbons (Fsp3) is 0.710. The van der Waals surface area contributed by atoms with Gasteiger partial charge < -0.3 is 31.0 Å². The molecule has 2 aliphatic carbocycles. The molecule has 2 unspecified atom stereocenters. The number of carbonyl (C=O) groups excluding carboxylic acids is 5. The highest BCUT2D eigenvalue weighted by Gasteiger charge is 2.44. The average molecular weight is 618 g/mol.